The lowest BCUT2D eigenvalue weighted by molar-refractivity contribution is -0.127. The van der Waals surface area contributed by atoms with E-state index in [-0.39, 0.29) is 5.91 Å². The van der Waals surface area contributed by atoms with Crippen molar-refractivity contribution in [2.45, 2.75) is 57.3 Å². The molecular weight excluding hydrogens is 288 g/mol. The van der Waals surface area contributed by atoms with Gasteiger partial charge in [0.05, 0.1) is 5.02 Å². The molecule has 4 nitrogen and oxygen atoms in total. The molecule has 1 atom stereocenters. The van der Waals surface area contributed by atoms with E-state index >= 15 is 0 Å². The van der Waals surface area contributed by atoms with Crippen LogP contribution in [-0.4, -0.2) is 24.1 Å². The molecule has 0 radical (unpaired) electrons. The van der Waals surface area contributed by atoms with Crippen LogP contribution in [-0.2, 0) is 11.3 Å². The van der Waals surface area contributed by atoms with Crippen LogP contribution in [0, 0.1) is 0 Å². The van der Waals surface area contributed by atoms with E-state index < -0.39 is 6.10 Å². The van der Waals surface area contributed by atoms with Crippen LogP contribution in [0.5, 0.6) is 5.75 Å². The summed E-state index contributed by atoms with van der Waals surface area (Å²) in [5, 5.41) is 6.92. The van der Waals surface area contributed by atoms with Gasteiger partial charge in [-0.3, -0.25) is 4.79 Å². The number of ether oxygens (including phenoxy) is 1. The number of carbonyl (C=O) groups is 1. The maximum atomic E-state index is 11.9. The molecule has 1 aromatic carbocycles. The van der Waals surface area contributed by atoms with Crippen molar-refractivity contribution in [3.63, 3.8) is 0 Å². The van der Waals surface area contributed by atoms with Crippen LogP contribution in [0.3, 0.4) is 0 Å². The normalized spacial score (nSPS) is 19.1. The van der Waals surface area contributed by atoms with E-state index in [0.717, 1.165) is 24.9 Å². The molecule has 2 fully saturated rings. The van der Waals surface area contributed by atoms with Gasteiger partial charge < -0.3 is 15.4 Å². The third-order valence-electron chi connectivity index (χ3n) is 3.77. The zero-order valence-corrected chi connectivity index (χ0v) is 13.0. The third kappa shape index (κ3) is 4.35. The molecule has 2 aliphatic rings. The second-order valence-corrected chi connectivity index (χ2v) is 6.37. The Morgan fingerprint density at radius 1 is 1.33 bits per heavy atom. The Morgan fingerprint density at radius 2 is 2.05 bits per heavy atom. The predicted molar refractivity (Wildman–Crippen MR) is 82.6 cm³/mol. The lowest BCUT2D eigenvalue weighted by Crippen LogP contribution is -2.37. The minimum Gasteiger partial charge on any atom is -0.479 e. The number of amides is 1. The summed E-state index contributed by atoms with van der Waals surface area (Å²) in [5.41, 5.74) is 1.13. The van der Waals surface area contributed by atoms with Gasteiger partial charge in [0, 0.05) is 18.6 Å². The topological polar surface area (TPSA) is 50.4 Å². The first kappa shape index (κ1) is 14.7. The number of rotatable bonds is 7. The maximum absolute atomic E-state index is 11.9. The summed E-state index contributed by atoms with van der Waals surface area (Å²) in [6, 6.07) is 6.74. The van der Waals surface area contributed by atoms with Crippen molar-refractivity contribution >= 4 is 17.5 Å². The molecule has 5 heteroatoms. The van der Waals surface area contributed by atoms with E-state index in [1.807, 2.05) is 18.2 Å². The highest BCUT2D eigenvalue weighted by Gasteiger charge is 2.26. The molecule has 0 bridgehead atoms. The summed E-state index contributed by atoms with van der Waals surface area (Å²) in [5.74, 6) is 0.485. The van der Waals surface area contributed by atoms with Gasteiger partial charge in [-0.2, -0.15) is 0 Å². The Labute approximate surface area is 130 Å². The van der Waals surface area contributed by atoms with Crippen molar-refractivity contribution in [1.82, 2.24) is 10.6 Å². The fraction of sp³-hybridized carbons (Fsp3) is 0.562. The van der Waals surface area contributed by atoms with Crippen LogP contribution in [0.4, 0.5) is 0 Å². The Balaban J connectivity index is 1.54. The predicted octanol–water partition coefficient (Wildman–Crippen LogP) is 2.64. The Hall–Kier alpha value is -1.26. The fourth-order valence-electron chi connectivity index (χ4n) is 2.09. The van der Waals surface area contributed by atoms with Crippen molar-refractivity contribution in [3.8, 4) is 5.75 Å². The van der Waals surface area contributed by atoms with Gasteiger partial charge in [0.15, 0.2) is 6.10 Å². The summed E-state index contributed by atoms with van der Waals surface area (Å²) in [7, 11) is 0. The number of hydrogen-bond acceptors (Lipinski definition) is 3. The highest BCUT2D eigenvalue weighted by molar-refractivity contribution is 6.32. The average Bonchev–Trinajstić information content (AvgIpc) is 3.33. The lowest BCUT2D eigenvalue weighted by atomic mass is 10.2. The Kier molecular flexibility index (Phi) is 4.36. The molecule has 3 rings (SSSR count). The first-order valence-electron chi connectivity index (χ1n) is 7.60. The van der Waals surface area contributed by atoms with Crippen molar-refractivity contribution in [2.24, 2.45) is 0 Å². The van der Waals surface area contributed by atoms with E-state index in [1.54, 1.807) is 6.92 Å². The van der Waals surface area contributed by atoms with Crippen LogP contribution in [0.2, 0.25) is 5.02 Å². The number of benzene rings is 1. The van der Waals surface area contributed by atoms with Gasteiger partial charge in [-0.25, -0.2) is 0 Å². The van der Waals surface area contributed by atoms with E-state index in [4.69, 9.17) is 16.3 Å². The van der Waals surface area contributed by atoms with Crippen molar-refractivity contribution in [1.29, 1.82) is 0 Å². The van der Waals surface area contributed by atoms with Crippen LogP contribution in [0.15, 0.2) is 18.2 Å². The van der Waals surface area contributed by atoms with Gasteiger partial charge >= 0.3 is 0 Å². The van der Waals surface area contributed by atoms with Crippen LogP contribution < -0.4 is 15.4 Å². The first-order chi connectivity index (χ1) is 10.1. The molecule has 2 saturated carbocycles. The molecule has 114 valence electrons. The number of halogens is 1. The molecule has 2 N–H and O–H groups in total. The molecule has 2 aliphatic carbocycles. The van der Waals surface area contributed by atoms with Crippen molar-refractivity contribution in [2.75, 3.05) is 0 Å². The summed E-state index contributed by atoms with van der Waals surface area (Å²) >= 11 is 6.24. The van der Waals surface area contributed by atoms with Crippen molar-refractivity contribution < 1.29 is 9.53 Å². The second kappa shape index (κ2) is 6.24. The Morgan fingerprint density at radius 3 is 2.67 bits per heavy atom. The SMILES string of the molecule is CC(Oc1ccc(CNC2CC2)cc1Cl)C(=O)NC1CC1. The molecule has 1 unspecified atom stereocenters. The van der Waals surface area contributed by atoms with Crippen molar-refractivity contribution in [3.05, 3.63) is 28.8 Å². The smallest absolute Gasteiger partial charge is 0.260 e. The molecule has 1 aromatic rings. The molecule has 0 saturated heterocycles. The number of carbonyl (C=O) groups excluding carboxylic acids is 1. The molecule has 0 spiro atoms. The minimum absolute atomic E-state index is 0.0759. The zero-order valence-electron chi connectivity index (χ0n) is 12.2. The van der Waals surface area contributed by atoms with E-state index in [2.05, 4.69) is 10.6 Å². The van der Waals surface area contributed by atoms with Gasteiger partial charge in [0.1, 0.15) is 5.75 Å². The summed E-state index contributed by atoms with van der Waals surface area (Å²) in [6.45, 7) is 2.57. The summed E-state index contributed by atoms with van der Waals surface area (Å²) in [4.78, 5) is 11.9. The van der Waals surface area contributed by atoms with E-state index in [0.29, 0.717) is 22.9 Å². The van der Waals surface area contributed by atoms with Crippen LogP contribution in [0.1, 0.15) is 38.2 Å². The van der Waals surface area contributed by atoms with E-state index in [9.17, 15) is 4.79 Å². The molecular formula is C16H21ClN2O2. The summed E-state index contributed by atoms with van der Waals surface area (Å²) in [6.07, 6.45) is 4.15. The largest absolute Gasteiger partial charge is 0.479 e. The van der Waals surface area contributed by atoms with Crippen LogP contribution >= 0.6 is 11.6 Å². The molecule has 1 amide bonds. The maximum Gasteiger partial charge on any atom is 0.260 e. The second-order valence-electron chi connectivity index (χ2n) is 5.96. The molecule has 21 heavy (non-hydrogen) atoms. The first-order valence-corrected chi connectivity index (χ1v) is 7.98. The quantitative estimate of drug-likeness (QED) is 0.814. The van der Waals surface area contributed by atoms with Gasteiger partial charge in [0.25, 0.3) is 5.91 Å². The minimum atomic E-state index is -0.529. The third-order valence-corrected chi connectivity index (χ3v) is 4.06. The number of hydrogen-bond donors (Lipinski definition) is 2. The van der Waals surface area contributed by atoms with Crippen LogP contribution in [0.25, 0.3) is 0 Å². The number of nitrogens with one attached hydrogen (secondary N) is 2. The average molecular weight is 309 g/mol. The summed E-state index contributed by atoms with van der Waals surface area (Å²) < 4.78 is 5.66. The van der Waals surface area contributed by atoms with E-state index in [1.165, 1.54) is 12.8 Å². The van der Waals surface area contributed by atoms with Gasteiger partial charge in [-0.05, 0) is 50.3 Å². The monoisotopic (exact) mass is 308 g/mol. The van der Waals surface area contributed by atoms with Gasteiger partial charge in [0.2, 0.25) is 0 Å². The lowest BCUT2D eigenvalue weighted by Gasteiger charge is -2.16. The van der Waals surface area contributed by atoms with Gasteiger partial charge in [-0.1, -0.05) is 17.7 Å². The molecule has 0 heterocycles. The Bertz CT molecular complexity index is 527. The highest BCUT2D eigenvalue weighted by Crippen LogP contribution is 2.27. The molecule has 0 aliphatic heterocycles. The zero-order chi connectivity index (χ0) is 14.8. The standard InChI is InChI=1S/C16H21ClN2O2/c1-10(16(20)19-13-5-6-13)21-15-7-2-11(8-14(15)17)9-18-12-3-4-12/h2,7-8,10,12-13,18H,3-6,9H2,1H3,(H,19,20). The molecule has 0 aromatic heterocycles. The van der Waals surface area contributed by atoms with Gasteiger partial charge in [-0.15, -0.1) is 0 Å². The highest BCUT2D eigenvalue weighted by atomic mass is 35.5. The fourth-order valence-corrected chi connectivity index (χ4v) is 2.34.